The van der Waals surface area contributed by atoms with Crippen LogP contribution in [0.25, 0.3) is 0 Å². The number of nitrogens with two attached hydrogens (primary N) is 2. The second-order valence-electron chi connectivity index (χ2n) is 7.94. The van der Waals surface area contributed by atoms with Crippen molar-refractivity contribution in [3.05, 3.63) is 59.7 Å². The predicted molar refractivity (Wildman–Crippen MR) is 143 cm³/mol. The summed E-state index contributed by atoms with van der Waals surface area (Å²) in [4.78, 5) is 11.0. The topological polar surface area (TPSA) is 257 Å². The molecule has 0 aromatic heterocycles. The first-order valence-electron chi connectivity index (χ1n) is 11.1. The maximum Gasteiger partial charge on any atom is 0.340 e. The van der Waals surface area contributed by atoms with E-state index in [-0.39, 0.29) is 38.8 Å². The Morgan fingerprint density at radius 1 is 0.875 bits per heavy atom. The van der Waals surface area contributed by atoms with Gasteiger partial charge in [0.05, 0.1) is 53.6 Å². The summed E-state index contributed by atoms with van der Waals surface area (Å²) in [6.07, 6.45) is 0. The summed E-state index contributed by atoms with van der Waals surface area (Å²) >= 11 is 0. The number of anilines is 2. The third-order valence-electron chi connectivity index (χ3n) is 5.37. The molecule has 15 nitrogen and oxygen atoms in total. The Morgan fingerprint density at radius 3 is 2.15 bits per heavy atom. The van der Waals surface area contributed by atoms with E-state index in [9.17, 15) is 31.3 Å². The summed E-state index contributed by atoms with van der Waals surface area (Å²) in [6.45, 7) is -1.25. The maximum absolute atomic E-state index is 12.2. The van der Waals surface area contributed by atoms with Crippen LogP contribution in [0.1, 0.15) is 15.9 Å². The van der Waals surface area contributed by atoms with Crippen LogP contribution in [0.15, 0.2) is 78.8 Å². The number of nitrogen functional groups attached to an aromatic ring is 2. The Morgan fingerprint density at radius 2 is 1.52 bits per heavy atom. The Hall–Kier alpha value is -4.29. The van der Waals surface area contributed by atoms with Crippen molar-refractivity contribution in [1.29, 1.82) is 0 Å². The quantitative estimate of drug-likeness (QED) is 0.0989. The first-order valence-corrected chi connectivity index (χ1v) is 14.2. The number of benzene rings is 3. The lowest BCUT2D eigenvalue weighted by Crippen LogP contribution is -2.10. The largest absolute Gasteiger partial charge is 0.465 e. The molecule has 7 N–H and O–H groups in total. The molecule has 0 amide bonds. The molecule has 0 saturated heterocycles. The number of aliphatic hydroxyl groups excluding tert-OH is 2. The Balaban J connectivity index is 2.14. The number of hydrogen-bond acceptors (Lipinski definition) is 14. The molecule has 0 fully saturated rings. The van der Waals surface area contributed by atoms with Gasteiger partial charge in [-0.15, -0.1) is 15.3 Å². The van der Waals surface area contributed by atoms with Gasteiger partial charge in [0.1, 0.15) is 22.0 Å². The number of sulfone groups is 1. The first kappa shape index (κ1) is 30.3. The second kappa shape index (κ2) is 12.3. The molecular weight excluding hydrogens is 568 g/mol. The second-order valence-corrected chi connectivity index (χ2v) is 11.4. The van der Waals surface area contributed by atoms with Gasteiger partial charge in [-0.25, -0.2) is 13.2 Å². The van der Waals surface area contributed by atoms with Crippen molar-refractivity contribution < 1.29 is 41.1 Å². The van der Waals surface area contributed by atoms with Crippen molar-refractivity contribution >= 4 is 60.0 Å². The molecule has 3 aromatic carbocycles. The van der Waals surface area contributed by atoms with Gasteiger partial charge in [-0.3, -0.25) is 4.55 Å². The molecule has 3 aromatic rings. The summed E-state index contributed by atoms with van der Waals surface area (Å²) in [5.41, 5.74) is 10.6. The highest BCUT2D eigenvalue weighted by molar-refractivity contribution is 7.91. The minimum absolute atomic E-state index is 0.0170. The van der Waals surface area contributed by atoms with Gasteiger partial charge in [0.25, 0.3) is 10.1 Å². The van der Waals surface area contributed by atoms with Crippen molar-refractivity contribution in [2.75, 3.05) is 30.9 Å². The predicted octanol–water partition coefficient (Wildman–Crippen LogP) is 2.97. The fourth-order valence-electron chi connectivity index (χ4n) is 3.34. The minimum Gasteiger partial charge on any atom is -0.465 e. The standard InChI is InChI=1S/C23H24N6O9S2/c1-38-23(32)15-4-2-3-5-17(15)27-28-18-11-19(40(35,36)37)21(25)22(20(18)24)29-26-16-7-6-14(10-13(16)12-31)39(33,34)9-8-30/h2-7,10-11,30-31H,8-9,12,24-25H2,1H3,(H,35,36,37). The fraction of sp³-hybridized carbons (Fsp3) is 0.174. The van der Waals surface area contributed by atoms with Crippen molar-refractivity contribution in [1.82, 2.24) is 0 Å². The van der Waals surface area contributed by atoms with E-state index in [0.717, 1.165) is 12.1 Å². The zero-order valence-electron chi connectivity index (χ0n) is 20.8. The lowest BCUT2D eigenvalue weighted by atomic mass is 10.2. The minimum atomic E-state index is -4.91. The van der Waals surface area contributed by atoms with Crippen LogP contribution in [-0.2, 0) is 31.3 Å². The molecule has 0 atom stereocenters. The van der Waals surface area contributed by atoms with E-state index in [1.165, 1.54) is 31.4 Å². The summed E-state index contributed by atoms with van der Waals surface area (Å²) in [5, 5.41) is 34.4. The van der Waals surface area contributed by atoms with E-state index in [2.05, 4.69) is 20.5 Å². The van der Waals surface area contributed by atoms with Crippen LogP contribution < -0.4 is 11.5 Å². The number of azo groups is 2. The number of carbonyl (C=O) groups is 1. The average molecular weight is 593 g/mol. The van der Waals surface area contributed by atoms with Crippen LogP contribution in [0.3, 0.4) is 0 Å². The van der Waals surface area contributed by atoms with Gasteiger partial charge in [-0.1, -0.05) is 12.1 Å². The van der Waals surface area contributed by atoms with Crippen LogP contribution in [0.5, 0.6) is 0 Å². The zero-order valence-corrected chi connectivity index (χ0v) is 22.4. The Bertz CT molecular complexity index is 1720. The van der Waals surface area contributed by atoms with E-state index in [1.807, 2.05) is 0 Å². The van der Waals surface area contributed by atoms with Crippen LogP contribution in [0, 0.1) is 0 Å². The monoisotopic (exact) mass is 592 g/mol. The molecule has 0 aliphatic carbocycles. The van der Waals surface area contributed by atoms with Crippen molar-refractivity contribution in [3.8, 4) is 0 Å². The molecule has 0 saturated carbocycles. The maximum atomic E-state index is 12.2. The molecule has 0 spiro atoms. The SMILES string of the molecule is COC(=O)c1ccccc1N=Nc1cc(S(=O)(=O)O)c(N)c(N=Nc2ccc(S(=O)(=O)CCO)cc2CO)c1N. The molecular formula is C23H24N6O9S2. The van der Waals surface area contributed by atoms with Crippen LogP contribution in [0.2, 0.25) is 0 Å². The molecule has 0 unspecified atom stereocenters. The number of hydrogen-bond donors (Lipinski definition) is 5. The number of rotatable bonds is 10. The summed E-state index contributed by atoms with van der Waals surface area (Å²) in [5.74, 6) is -1.24. The van der Waals surface area contributed by atoms with E-state index in [1.54, 1.807) is 12.1 Å². The van der Waals surface area contributed by atoms with Crippen LogP contribution in [-0.4, -0.2) is 57.0 Å². The molecule has 0 heterocycles. The third-order valence-corrected chi connectivity index (χ3v) is 7.96. The van der Waals surface area contributed by atoms with Gasteiger partial charge in [0.2, 0.25) is 0 Å². The van der Waals surface area contributed by atoms with Gasteiger partial charge in [0, 0.05) is 5.56 Å². The number of methoxy groups -OCH3 is 1. The van der Waals surface area contributed by atoms with E-state index in [4.69, 9.17) is 21.3 Å². The molecule has 212 valence electrons. The third kappa shape index (κ3) is 6.64. The van der Waals surface area contributed by atoms with Gasteiger partial charge < -0.3 is 26.4 Å². The Labute approximate surface area is 228 Å². The number of aliphatic hydroxyl groups is 2. The van der Waals surface area contributed by atoms with Crippen LogP contribution in [0.4, 0.5) is 34.1 Å². The van der Waals surface area contributed by atoms with Crippen molar-refractivity contribution in [2.24, 2.45) is 20.5 Å². The van der Waals surface area contributed by atoms with E-state index in [0.29, 0.717) is 0 Å². The number of ether oxygens (including phenoxy) is 1. The number of nitrogens with zero attached hydrogens (tertiary/aromatic N) is 4. The molecule has 0 radical (unpaired) electrons. The highest BCUT2D eigenvalue weighted by atomic mass is 32.2. The highest BCUT2D eigenvalue weighted by Crippen LogP contribution is 2.43. The van der Waals surface area contributed by atoms with E-state index < -0.39 is 61.2 Å². The summed E-state index contributed by atoms with van der Waals surface area (Å²) < 4.78 is 62.9. The molecule has 0 bridgehead atoms. The van der Waals surface area contributed by atoms with Gasteiger partial charge >= 0.3 is 5.97 Å². The zero-order chi connectivity index (χ0) is 29.7. The molecule has 0 aliphatic rings. The number of carbonyl (C=O) groups excluding carboxylic acids is 1. The lowest BCUT2D eigenvalue weighted by Gasteiger charge is -2.11. The van der Waals surface area contributed by atoms with E-state index >= 15 is 0 Å². The molecule has 3 rings (SSSR count). The van der Waals surface area contributed by atoms with Crippen molar-refractivity contribution in [3.63, 3.8) is 0 Å². The van der Waals surface area contributed by atoms with Gasteiger partial charge in [0.15, 0.2) is 9.84 Å². The van der Waals surface area contributed by atoms with Crippen molar-refractivity contribution in [2.45, 2.75) is 16.4 Å². The molecule has 0 aliphatic heterocycles. The smallest absolute Gasteiger partial charge is 0.340 e. The van der Waals surface area contributed by atoms with Crippen LogP contribution >= 0.6 is 0 Å². The normalized spacial score (nSPS) is 12.3. The number of esters is 1. The molecule has 17 heteroatoms. The fourth-order valence-corrected chi connectivity index (χ4v) is 5.05. The van der Waals surface area contributed by atoms with Gasteiger partial charge in [-0.05, 0) is 36.4 Å². The lowest BCUT2D eigenvalue weighted by molar-refractivity contribution is 0.0601. The molecule has 40 heavy (non-hydrogen) atoms. The van der Waals surface area contributed by atoms with Gasteiger partial charge in [-0.2, -0.15) is 13.5 Å². The average Bonchev–Trinajstić information content (AvgIpc) is 2.91. The summed E-state index contributed by atoms with van der Waals surface area (Å²) in [6, 6.07) is 10.4. The highest BCUT2D eigenvalue weighted by Gasteiger charge is 2.23. The Kier molecular flexibility index (Phi) is 9.28. The first-order chi connectivity index (χ1) is 18.8. The summed E-state index contributed by atoms with van der Waals surface area (Å²) in [7, 11) is -7.56.